The number of nitrogens with zero attached hydrogens (tertiary/aromatic N) is 1. The summed E-state index contributed by atoms with van der Waals surface area (Å²) in [6.07, 6.45) is 7.37. The minimum Gasteiger partial charge on any atom is -0.461 e. The minimum atomic E-state index is -0.978. The van der Waals surface area contributed by atoms with E-state index in [1.807, 2.05) is 20.8 Å². The SMILES string of the molecule is CCC(C)(C)C(=O)O[C@H]1C[C@@H](C)C=C2C=C[C@H](C)[C@H](CC[C@@H](O)C[C@@H](O)CC(=O)N/C(N)=N\C)C21. The third-order valence-electron chi connectivity index (χ3n) is 7.60. The Labute approximate surface area is 210 Å². The van der Waals surface area contributed by atoms with Gasteiger partial charge in [0.05, 0.1) is 24.0 Å². The van der Waals surface area contributed by atoms with Crippen molar-refractivity contribution in [3.8, 4) is 0 Å². The van der Waals surface area contributed by atoms with Gasteiger partial charge in [-0.25, -0.2) is 0 Å². The molecule has 0 aliphatic heterocycles. The smallest absolute Gasteiger partial charge is 0.311 e. The van der Waals surface area contributed by atoms with Crippen molar-refractivity contribution >= 4 is 17.8 Å². The van der Waals surface area contributed by atoms with Crippen molar-refractivity contribution in [3.63, 3.8) is 0 Å². The Bertz CT molecular complexity index is 835. The average molecular weight is 492 g/mol. The molecule has 2 aliphatic rings. The maximum Gasteiger partial charge on any atom is 0.311 e. The first-order chi connectivity index (χ1) is 16.4. The number of carbonyl (C=O) groups is 2. The van der Waals surface area contributed by atoms with Gasteiger partial charge in [-0.2, -0.15) is 0 Å². The van der Waals surface area contributed by atoms with E-state index in [0.29, 0.717) is 18.8 Å². The molecule has 1 unspecified atom stereocenters. The molecule has 35 heavy (non-hydrogen) atoms. The van der Waals surface area contributed by atoms with Gasteiger partial charge < -0.3 is 20.7 Å². The highest BCUT2D eigenvalue weighted by atomic mass is 16.5. The number of ether oxygens (including phenoxy) is 1. The number of rotatable bonds is 10. The van der Waals surface area contributed by atoms with Crippen LogP contribution in [0.5, 0.6) is 0 Å². The number of allylic oxidation sites excluding steroid dienone is 3. The molecular weight excluding hydrogens is 446 g/mol. The van der Waals surface area contributed by atoms with Crippen molar-refractivity contribution in [3.05, 3.63) is 23.8 Å². The van der Waals surface area contributed by atoms with E-state index in [1.54, 1.807) is 0 Å². The van der Waals surface area contributed by atoms with Gasteiger partial charge >= 0.3 is 5.97 Å². The number of esters is 1. The molecule has 0 heterocycles. The predicted molar refractivity (Wildman–Crippen MR) is 137 cm³/mol. The van der Waals surface area contributed by atoms with Crippen LogP contribution in [0.15, 0.2) is 28.8 Å². The molecule has 5 N–H and O–H groups in total. The normalized spacial score (nSPS) is 28.5. The molecule has 1 amide bonds. The number of aliphatic imine (C=N–C) groups is 1. The molecule has 0 radical (unpaired) electrons. The molecule has 0 bridgehead atoms. The Hall–Kier alpha value is -2.19. The third kappa shape index (κ3) is 8.17. The van der Waals surface area contributed by atoms with Gasteiger partial charge in [0.2, 0.25) is 5.91 Å². The standard InChI is InChI=1S/C27H45N3O5/c1-7-27(4,5)25(34)35-22-13-16(2)12-18-9-8-17(3)21(24(18)22)11-10-19(31)14-20(32)15-23(33)30-26(28)29-6/h8-9,12,16-17,19-22,24,31-32H,7,10-11,13-15H2,1-6H3,(H3,28,29,30,33)/t16-,17-,19+,20+,21-,22-,24?/m0/s1. The number of nitrogens with one attached hydrogen (secondary N) is 1. The fourth-order valence-corrected chi connectivity index (χ4v) is 5.03. The van der Waals surface area contributed by atoms with Crippen LogP contribution >= 0.6 is 0 Å². The number of aliphatic hydroxyl groups is 2. The molecule has 8 nitrogen and oxygen atoms in total. The number of aliphatic hydroxyl groups excluding tert-OH is 2. The molecule has 0 saturated carbocycles. The summed E-state index contributed by atoms with van der Waals surface area (Å²) in [4.78, 5) is 28.5. The van der Waals surface area contributed by atoms with Crippen LogP contribution in [0.3, 0.4) is 0 Å². The van der Waals surface area contributed by atoms with E-state index in [9.17, 15) is 19.8 Å². The van der Waals surface area contributed by atoms with Gasteiger partial charge in [0, 0.05) is 13.0 Å². The second kappa shape index (κ2) is 12.7. The van der Waals surface area contributed by atoms with Gasteiger partial charge in [-0.15, -0.1) is 0 Å². The molecule has 2 rings (SSSR count). The zero-order chi connectivity index (χ0) is 26.3. The van der Waals surface area contributed by atoms with Gasteiger partial charge in [-0.05, 0) is 69.3 Å². The largest absolute Gasteiger partial charge is 0.461 e. The second-order valence-electron chi connectivity index (χ2n) is 11.0. The van der Waals surface area contributed by atoms with Crippen LogP contribution in [0.25, 0.3) is 0 Å². The average Bonchev–Trinajstić information content (AvgIpc) is 2.77. The van der Waals surface area contributed by atoms with Crippen LogP contribution in [-0.2, 0) is 14.3 Å². The Morgan fingerprint density at radius 1 is 1.29 bits per heavy atom. The first-order valence-electron chi connectivity index (χ1n) is 12.9. The summed E-state index contributed by atoms with van der Waals surface area (Å²) in [7, 11) is 1.46. The minimum absolute atomic E-state index is 0.00896. The van der Waals surface area contributed by atoms with Gasteiger partial charge in [0.25, 0.3) is 0 Å². The first kappa shape index (κ1) is 29.0. The highest BCUT2D eigenvalue weighted by molar-refractivity contribution is 5.96. The molecule has 0 saturated heterocycles. The molecular formula is C27H45N3O5. The van der Waals surface area contributed by atoms with Crippen molar-refractivity contribution in [2.45, 2.75) is 91.5 Å². The van der Waals surface area contributed by atoms with E-state index in [0.717, 1.165) is 12.8 Å². The number of guanidine groups is 1. The van der Waals surface area contributed by atoms with Crippen molar-refractivity contribution in [1.29, 1.82) is 0 Å². The molecule has 198 valence electrons. The van der Waals surface area contributed by atoms with E-state index >= 15 is 0 Å². The Kier molecular flexibility index (Phi) is 10.5. The molecule has 0 aromatic carbocycles. The van der Waals surface area contributed by atoms with E-state index in [2.05, 4.69) is 42.4 Å². The number of amides is 1. The summed E-state index contributed by atoms with van der Waals surface area (Å²) in [5.74, 6) is 0.273. The molecule has 2 aliphatic carbocycles. The Balaban J connectivity index is 2.04. The van der Waals surface area contributed by atoms with E-state index in [-0.39, 0.29) is 48.6 Å². The Morgan fingerprint density at radius 3 is 2.60 bits per heavy atom. The van der Waals surface area contributed by atoms with E-state index in [4.69, 9.17) is 10.5 Å². The molecule has 7 atom stereocenters. The third-order valence-corrected chi connectivity index (χ3v) is 7.60. The Morgan fingerprint density at radius 2 is 1.97 bits per heavy atom. The topological polar surface area (TPSA) is 134 Å². The van der Waals surface area contributed by atoms with Crippen LogP contribution in [0, 0.1) is 29.1 Å². The molecule has 8 heteroatoms. The summed E-state index contributed by atoms with van der Waals surface area (Å²) >= 11 is 0. The molecule has 0 fully saturated rings. The summed E-state index contributed by atoms with van der Waals surface area (Å²) in [5, 5.41) is 23.2. The van der Waals surface area contributed by atoms with Crippen molar-refractivity contribution in [1.82, 2.24) is 5.32 Å². The van der Waals surface area contributed by atoms with Crippen molar-refractivity contribution < 1.29 is 24.5 Å². The number of hydrogen-bond acceptors (Lipinski definition) is 6. The fourth-order valence-electron chi connectivity index (χ4n) is 5.03. The highest BCUT2D eigenvalue weighted by Gasteiger charge is 2.42. The predicted octanol–water partition coefficient (Wildman–Crippen LogP) is 3.08. The first-order valence-corrected chi connectivity index (χ1v) is 12.9. The summed E-state index contributed by atoms with van der Waals surface area (Å²) in [6.45, 7) is 10.2. The summed E-state index contributed by atoms with van der Waals surface area (Å²) in [5.41, 5.74) is 6.16. The van der Waals surface area contributed by atoms with Gasteiger partial charge in [0.15, 0.2) is 5.96 Å². The molecule has 0 aromatic rings. The summed E-state index contributed by atoms with van der Waals surface area (Å²) in [6, 6.07) is 0. The van der Waals surface area contributed by atoms with Crippen molar-refractivity contribution in [2.75, 3.05) is 7.05 Å². The van der Waals surface area contributed by atoms with Crippen LogP contribution in [0.2, 0.25) is 0 Å². The number of nitrogens with two attached hydrogens (primary N) is 1. The van der Waals surface area contributed by atoms with Gasteiger partial charge in [-0.3, -0.25) is 19.9 Å². The summed E-state index contributed by atoms with van der Waals surface area (Å²) < 4.78 is 6.14. The number of hydrogen-bond donors (Lipinski definition) is 4. The zero-order valence-electron chi connectivity index (χ0n) is 22.2. The van der Waals surface area contributed by atoms with Crippen LogP contribution < -0.4 is 11.1 Å². The van der Waals surface area contributed by atoms with E-state index in [1.165, 1.54) is 12.6 Å². The number of fused-ring (bicyclic) bond motifs is 1. The molecule has 0 aromatic heterocycles. The maximum absolute atomic E-state index is 12.9. The van der Waals surface area contributed by atoms with Gasteiger partial charge in [0.1, 0.15) is 6.10 Å². The lowest BCUT2D eigenvalue weighted by Gasteiger charge is -2.44. The van der Waals surface area contributed by atoms with Crippen LogP contribution in [0.4, 0.5) is 0 Å². The lowest BCUT2D eigenvalue weighted by atomic mass is 9.65. The molecule has 0 spiro atoms. The van der Waals surface area contributed by atoms with Crippen molar-refractivity contribution in [2.24, 2.45) is 39.8 Å². The van der Waals surface area contributed by atoms with Gasteiger partial charge in [-0.1, -0.05) is 39.0 Å². The van der Waals surface area contributed by atoms with Crippen LogP contribution in [-0.4, -0.2) is 53.4 Å². The lowest BCUT2D eigenvalue weighted by Crippen LogP contribution is -2.43. The quantitative estimate of drug-likeness (QED) is 0.211. The number of carbonyl (C=O) groups excluding carboxylic acids is 2. The zero-order valence-corrected chi connectivity index (χ0v) is 22.2. The monoisotopic (exact) mass is 491 g/mol. The lowest BCUT2D eigenvalue weighted by molar-refractivity contribution is -0.164. The maximum atomic E-state index is 12.9. The highest BCUT2D eigenvalue weighted by Crippen LogP contribution is 2.45. The van der Waals surface area contributed by atoms with E-state index < -0.39 is 23.5 Å². The second-order valence-corrected chi connectivity index (χ2v) is 11.0. The fraction of sp³-hybridized carbons (Fsp3) is 0.741. The van der Waals surface area contributed by atoms with Crippen LogP contribution in [0.1, 0.15) is 73.1 Å².